The third-order valence-corrected chi connectivity index (χ3v) is 3.63. The molecule has 0 saturated carbocycles. The highest BCUT2D eigenvalue weighted by Crippen LogP contribution is 2.31. The highest BCUT2D eigenvalue weighted by atomic mass is 16.3. The molecule has 0 saturated heterocycles. The van der Waals surface area contributed by atoms with Gasteiger partial charge in [-0.05, 0) is 16.7 Å². The van der Waals surface area contributed by atoms with Gasteiger partial charge in [0.15, 0.2) is 0 Å². The summed E-state index contributed by atoms with van der Waals surface area (Å²) in [5.41, 5.74) is 9.33. The molecule has 2 nitrogen and oxygen atoms in total. The lowest BCUT2D eigenvalue weighted by Gasteiger charge is -2.29. The average molecular weight is 255 g/mol. The van der Waals surface area contributed by atoms with Crippen molar-refractivity contribution in [3.05, 3.63) is 60.2 Å². The third kappa shape index (κ3) is 3.03. The molecule has 0 radical (unpaired) electrons. The normalized spacial score (nSPS) is 13.3. The van der Waals surface area contributed by atoms with Crippen molar-refractivity contribution in [2.75, 3.05) is 6.61 Å². The molecule has 0 fully saturated rings. The lowest BCUT2D eigenvalue weighted by atomic mass is 9.81. The molecular formula is C17H21NO. The van der Waals surface area contributed by atoms with Crippen molar-refractivity contribution in [3.8, 4) is 11.1 Å². The third-order valence-electron chi connectivity index (χ3n) is 3.63. The number of hydrogen-bond acceptors (Lipinski definition) is 2. The zero-order valence-corrected chi connectivity index (χ0v) is 11.5. The molecule has 0 amide bonds. The van der Waals surface area contributed by atoms with E-state index in [0.717, 1.165) is 5.56 Å². The minimum Gasteiger partial charge on any atom is -0.396 e. The molecule has 0 bridgehead atoms. The van der Waals surface area contributed by atoms with E-state index in [0.29, 0.717) is 0 Å². The summed E-state index contributed by atoms with van der Waals surface area (Å²) in [5, 5.41) is 9.38. The van der Waals surface area contributed by atoms with Crippen molar-refractivity contribution < 1.29 is 5.11 Å². The largest absolute Gasteiger partial charge is 0.396 e. The predicted molar refractivity (Wildman–Crippen MR) is 79.7 cm³/mol. The van der Waals surface area contributed by atoms with E-state index in [4.69, 9.17) is 5.73 Å². The SMILES string of the molecule is CC(C)(CO)[C@@H](N)c1ccc(-c2ccccc2)cc1. The van der Waals surface area contributed by atoms with Crippen LogP contribution in [0.25, 0.3) is 11.1 Å². The topological polar surface area (TPSA) is 46.2 Å². The maximum Gasteiger partial charge on any atom is 0.0500 e. The Balaban J connectivity index is 2.24. The first kappa shape index (κ1) is 13.8. The monoisotopic (exact) mass is 255 g/mol. The maximum absolute atomic E-state index is 9.38. The number of aliphatic hydroxyl groups is 1. The molecule has 100 valence electrons. The van der Waals surface area contributed by atoms with Crippen molar-refractivity contribution in [1.29, 1.82) is 0 Å². The number of aliphatic hydroxyl groups excluding tert-OH is 1. The highest BCUT2D eigenvalue weighted by Gasteiger charge is 2.26. The van der Waals surface area contributed by atoms with Crippen molar-refractivity contribution in [2.45, 2.75) is 19.9 Å². The summed E-state index contributed by atoms with van der Waals surface area (Å²) >= 11 is 0. The van der Waals surface area contributed by atoms with Gasteiger partial charge >= 0.3 is 0 Å². The van der Waals surface area contributed by atoms with E-state index in [2.05, 4.69) is 24.3 Å². The molecule has 2 heteroatoms. The molecule has 0 aliphatic heterocycles. The minimum absolute atomic E-state index is 0.0780. The van der Waals surface area contributed by atoms with Crippen LogP contribution in [0, 0.1) is 5.41 Å². The Bertz CT molecular complexity index is 517. The van der Waals surface area contributed by atoms with Crippen LogP contribution in [-0.4, -0.2) is 11.7 Å². The first-order valence-corrected chi connectivity index (χ1v) is 6.56. The molecule has 0 aliphatic carbocycles. The lowest BCUT2D eigenvalue weighted by molar-refractivity contribution is 0.132. The fraction of sp³-hybridized carbons (Fsp3) is 0.294. The number of benzene rings is 2. The summed E-state index contributed by atoms with van der Waals surface area (Å²) in [4.78, 5) is 0. The second-order valence-electron chi connectivity index (χ2n) is 5.61. The first-order valence-electron chi connectivity index (χ1n) is 6.56. The number of hydrogen-bond donors (Lipinski definition) is 2. The fourth-order valence-corrected chi connectivity index (χ4v) is 2.06. The fourth-order valence-electron chi connectivity index (χ4n) is 2.06. The van der Waals surface area contributed by atoms with E-state index < -0.39 is 0 Å². The first-order chi connectivity index (χ1) is 9.04. The zero-order chi connectivity index (χ0) is 13.9. The molecule has 0 spiro atoms. The van der Waals surface area contributed by atoms with Gasteiger partial charge in [-0.25, -0.2) is 0 Å². The van der Waals surface area contributed by atoms with Gasteiger partial charge in [0.05, 0.1) is 0 Å². The summed E-state index contributed by atoms with van der Waals surface area (Å²) in [6, 6.07) is 18.3. The van der Waals surface area contributed by atoms with E-state index in [1.54, 1.807) is 0 Å². The highest BCUT2D eigenvalue weighted by molar-refractivity contribution is 5.63. The van der Waals surface area contributed by atoms with Gasteiger partial charge in [0.1, 0.15) is 0 Å². The molecule has 2 aromatic carbocycles. The number of nitrogens with two attached hydrogens (primary N) is 1. The molecule has 19 heavy (non-hydrogen) atoms. The van der Waals surface area contributed by atoms with E-state index in [1.165, 1.54) is 11.1 Å². The van der Waals surface area contributed by atoms with Crippen LogP contribution in [0.15, 0.2) is 54.6 Å². The van der Waals surface area contributed by atoms with Gasteiger partial charge in [-0.15, -0.1) is 0 Å². The zero-order valence-electron chi connectivity index (χ0n) is 11.5. The lowest BCUT2D eigenvalue weighted by Crippen LogP contribution is -2.32. The Kier molecular flexibility index (Phi) is 4.03. The number of rotatable bonds is 4. The van der Waals surface area contributed by atoms with Crippen molar-refractivity contribution in [2.24, 2.45) is 11.1 Å². The molecule has 2 aromatic rings. The molecule has 1 atom stereocenters. The van der Waals surface area contributed by atoms with E-state index in [9.17, 15) is 5.11 Å². The molecule has 0 aliphatic rings. The van der Waals surface area contributed by atoms with Crippen molar-refractivity contribution >= 4 is 0 Å². The van der Waals surface area contributed by atoms with E-state index in [1.807, 2.05) is 44.2 Å². The van der Waals surface area contributed by atoms with Crippen LogP contribution in [0.3, 0.4) is 0 Å². The minimum atomic E-state index is -0.311. The quantitative estimate of drug-likeness (QED) is 0.880. The van der Waals surface area contributed by atoms with Gasteiger partial charge in [-0.3, -0.25) is 0 Å². The molecule has 0 unspecified atom stereocenters. The second kappa shape index (κ2) is 5.55. The van der Waals surface area contributed by atoms with Gasteiger partial charge in [-0.2, -0.15) is 0 Å². The van der Waals surface area contributed by atoms with Gasteiger partial charge in [0.25, 0.3) is 0 Å². The summed E-state index contributed by atoms with van der Waals surface area (Å²) < 4.78 is 0. The van der Waals surface area contributed by atoms with Crippen LogP contribution in [0.4, 0.5) is 0 Å². The van der Waals surface area contributed by atoms with Crippen LogP contribution in [0.2, 0.25) is 0 Å². The molecule has 3 N–H and O–H groups in total. The van der Waals surface area contributed by atoms with E-state index >= 15 is 0 Å². The summed E-state index contributed by atoms with van der Waals surface area (Å²) in [7, 11) is 0. The smallest absolute Gasteiger partial charge is 0.0500 e. The molecule has 0 heterocycles. The Labute approximate surface area is 114 Å². The van der Waals surface area contributed by atoms with Gasteiger partial charge in [0.2, 0.25) is 0 Å². The Morgan fingerprint density at radius 2 is 1.47 bits per heavy atom. The van der Waals surface area contributed by atoms with Crippen LogP contribution in [-0.2, 0) is 0 Å². The van der Waals surface area contributed by atoms with Gasteiger partial charge < -0.3 is 10.8 Å². The Morgan fingerprint density at radius 3 is 2.00 bits per heavy atom. The van der Waals surface area contributed by atoms with Crippen LogP contribution >= 0.6 is 0 Å². The Morgan fingerprint density at radius 1 is 0.947 bits per heavy atom. The standard InChI is InChI=1S/C17H21NO/c1-17(2,12-19)16(18)15-10-8-14(9-11-15)13-6-4-3-5-7-13/h3-11,16,19H,12,18H2,1-2H3/t16-/m0/s1. The van der Waals surface area contributed by atoms with Gasteiger partial charge in [-0.1, -0.05) is 68.4 Å². The summed E-state index contributed by atoms with van der Waals surface area (Å²) in [6.07, 6.45) is 0. The average Bonchev–Trinajstić information content (AvgIpc) is 2.47. The van der Waals surface area contributed by atoms with Gasteiger partial charge in [0, 0.05) is 18.1 Å². The van der Waals surface area contributed by atoms with Crippen LogP contribution in [0.5, 0.6) is 0 Å². The summed E-state index contributed by atoms with van der Waals surface area (Å²) in [6.45, 7) is 4.03. The van der Waals surface area contributed by atoms with Crippen molar-refractivity contribution in [1.82, 2.24) is 0 Å². The molecule has 0 aromatic heterocycles. The maximum atomic E-state index is 9.38. The van der Waals surface area contributed by atoms with Crippen molar-refractivity contribution in [3.63, 3.8) is 0 Å². The Hall–Kier alpha value is -1.64. The molecule has 2 rings (SSSR count). The predicted octanol–water partition coefficient (Wildman–Crippen LogP) is 3.37. The van der Waals surface area contributed by atoms with Crippen LogP contribution < -0.4 is 5.73 Å². The second-order valence-corrected chi connectivity index (χ2v) is 5.61. The molecular weight excluding hydrogens is 234 g/mol. The van der Waals surface area contributed by atoms with E-state index in [-0.39, 0.29) is 18.1 Å². The summed E-state index contributed by atoms with van der Waals surface area (Å²) in [5.74, 6) is 0. The van der Waals surface area contributed by atoms with Crippen LogP contribution in [0.1, 0.15) is 25.5 Å².